The van der Waals surface area contributed by atoms with Crippen molar-refractivity contribution in [3.8, 4) is 0 Å². The van der Waals surface area contributed by atoms with Gasteiger partial charge < -0.3 is 20.2 Å². The molecule has 0 saturated carbocycles. The lowest BCUT2D eigenvalue weighted by atomic mass is 10.1. The third-order valence-corrected chi connectivity index (χ3v) is 7.49. The maximum atomic E-state index is 13.6. The molecule has 3 aromatic carbocycles. The van der Waals surface area contributed by atoms with Gasteiger partial charge in [0.2, 0.25) is 0 Å². The molecule has 2 fully saturated rings. The molecule has 2 aliphatic rings. The fourth-order valence-corrected chi connectivity index (χ4v) is 5.43. The van der Waals surface area contributed by atoms with Gasteiger partial charge in [0.1, 0.15) is 0 Å². The van der Waals surface area contributed by atoms with Crippen LogP contribution in [0.2, 0.25) is 10.0 Å². The second kappa shape index (κ2) is 11.1. The highest BCUT2D eigenvalue weighted by Gasteiger charge is 2.38. The first kappa shape index (κ1) is 24.9. The van der Waals surface area contributed by atoms with Crippen molar-refractivity contribution in [2.75, 3.05) is 49.5 Å². The summed E-state index contributed by atoms with van der Waals surface area (Å²) in [7, 11) is 0. The van der Waals surface area contributed by atoms with Gasteiger partial charge in [0.25, 0.3) is 5.91 Å². The van der Waals surface area contributed by atoms with Gasteiger partial charge in [0.15, 0.2) is 0 Å². The molecule has 2 atom stereocenters. The van der Waals surface area contributed by atoms with Crippen LogP contribution in [0.4, 0.5) is 17.1 Å². The normalized spacial score (nSPS) is 20.9. The minimum atomic E-state index is -0.589. The number of para-hydroxylation sites is 1. The first-order chi connectivity index (χ1) is 17.5. The van der Waals surface area contributed by atoms with Crippen LogP contribution in [0.25, 0.3) is 0 Å². The molecule has 2 aliphatic heterocycles. The van der Waals surface area contributed by atoms with Crippen molar-refractivity contribution in [3.05, 3.63) is 88.4 Å². The van der Waals surface area contributed by atoms with E-state index < -0.39 is 6.10 Å². The lowest BCUT2D eigenvalue weighted by molar-refractivity contribution is 0.0762. The summed E-state index contributed by atoms with van der Waals surface area (Å²) >= 11 is 12.3. The summed E-state index contributed by atoms with van der Waals surface area (Å²) in [5.41, 5.74) is 3.24. The van der Waals surface area contributed by atoms with Crippen molar-refractivity contribution < 1.29 is 9.90 Å². The predicted octanol–water partition coefficient (Wildman–Crippen LogP) is 5.13. The van der Waals surface area contributed by atoms with Gasteiger partial charge in [0.05, 0.1) is 23.4 Å². The number of aliphatic hydroxyl groups is 1. The molecule has 0 radical (unpaired) electrons. The second-order valence-corrected chi connectivity index (χ2v) is 10.3. The molecule has 5 rings (SSSR count). The summed E-state index contributed by atoms with van der Waals surface area (Å²) < 4.78 is 0. The van der Waals surface area contributed by atoms with Crippen LogP contribution >= 0.6 is 23.2 Å². The number of halogens is 2. The lowest BCUT2D eigenvalue weighted by Gasteiger charge is -2.29. The number of hydrogen-bond donors (Lipinski definition) is 2. The minimum Gasteiger partial charge on any atom is -0.390 e. The van der Waals surface area contributed by atoms with Crippen LogP contribution in [-0.2, 0) is 0 Å². The number of anilines is 3. The molecule has 188 valence electrons. The van der Waals surface area contributed by atoms with Crippen LogP contribution in [0.15, 0.2) is 72.8 Å². The lowest BCUT2D eigenvalue weighted by Crippen LogP contribution is -2.45. The van der Waals surface area contributed by atoms with Gasteiger partial charge >= 0.3 is 0 Å². The number of hydrogen-bond acceptors (Lipinski definition) is 5. The molecule has 36 heavy (non-hydrogen) atoms. The number of amides is 1. The SMILES string of the molecule is O=C(c1ccc(Cl)cc1Nc1ccccc1)N1CC(O)C(N2CCCN(c3ccc(Cl)cc3)CC2)C1. The van der Waals surface area contributed by atoms with Gasteiger partial charge in [-0.05, 0) is 61.0 Å². The van der Waals surface area contributed by atoms with Crippen LogP contribution in [0.5, 0.6) is 0 Å². The Hall–Kier alpha value is -2.77. The van der Waals surface area contributed by atoms with E-state index in [2.05, 4.69) is 27.2 Å². The maximum absolute atomic E-state index is 13.6. The van der Waals surface area contributed by atoms with Gasteiger partial charge in [0, 0.05) is 60.7 Å². The fourth-order valence-electron chi connectivity index (χ4n) is 5.13. The zero-order valence-corrected chi connectivity index (χ0v) is 21.5. The summed E-state index contributed by atoms with van der Waals surface area (Å²) in [6.45, 7) is 4.33. The molecular weight excluding hydrogens is 495 g/mol. The van der Waals surface area contributed by atoms with E-state index in [0.29, 0.717) is 29.4 Å². The molecule has 6 nitrogen and oxygen atoms in total. The summed E-state index contributed by atoms with van der Waals surface area (Å²) in [4.78, 5) is 20.0. The van der Waals surface area contributed by atoms with E-state index in [1.54, 1.807) is 23.1 Å². The Balaban J connectivity index is 1.27. The van der Waals surface area contributed by atoms with Crippen molar-refractivity contribution >= 4 is 46.2 Å². The van der Waals surface area contributed by atoms with Crippen LogP contribution < -0.4 is 10.2 Å². The van der Waals surface area contributed by atoms with Gasteiger partial charge in [-0.15, -0.1) is 0 Å². The molecule has 2 unspecified atom stereocenters. The van der Waals surface area contributed by atoms with Crippen LogP contribution in [0.1, 0.15) is 16.8 Å². The summed E-state index contributed by atoms with van der Waals surface area (Å²) in [6, 6.07) is 22.8. The number of carbonyl (C=O) groups excluding carboxylic acids is 1. The molecular formula is C28H30Cl2N4O2. The number of nitrogens with zero attached hydrogens (tertiary/aromatic N) is 3. The largest absolute Gasteiger partial charge is 0.390 e. The molecule has 1 amide bonds. The second-order valence-electron chi connectivity index (χ2n) is 9.38. The highest BCUT2D eigenvalue weighted by molar-refractivity contribution is 6.31. The van der Waals surface area contributed by atoms with E-state index in [-0.39, 0.29) is 11.9 Å². The van der Waals surface area contributed by atoms with E-state index >= 15 is 0 Å². The predicted molar refractivity (Wildman–Crippen MR) is 147 cm³/mol. The fraction of sp³-hybridized carbons (Fsp3) is 0.321. The van der Waals surface area contributed by atoms with Crippen molar-refractivity contribution in [2.24, 2.45) is 0 Å². The van der Waals surface area contributed by atoms with Crippen molar-refractivity contribution in [1.29, 1.82) is 0 Å². The molecule has 0 aromatic heterocycles. The average molecular weight is 525 g/mol. The Bertz CT molecular complexity index is 1190. The molecule has 0 aliphatic carbocycles. The highest BCUT2D eigenvalue weighted by atomic mass is 35.5. The molecule has 3 aromatic rings. The van der Waals surface area contributed by atoms with Gasteiger partial charge in [-0.2, -0.15) is 0 Å². The third kappa shape index (κ3) is 5.62. The van der Waals surface area contributed by atoms with Gasteiger partial charge in [-0.1, -0.05) is 41.4 Å². The Morgan fingerprint density at radius 2 is 1.61 bits per heavy atom. The quantitative estimate of drug-likeness (QED) is 0.484. The number of aliphatic hydroxyl groups excluding tert-OH is 1. The van der Waals surface area contributed by atoms with Gasteiger partial charge in [-0.3, -0.25) is 9.69 Å². The topological polar surface area (TPSA) is 59.1 Å². The summed E-state index contributed by atoms with van der Waals surface area (Å²) in [5.74, 6) is -0.107. The van der Waals surface area contributed by atoms with E-state index in [1.807, 2.05) is 42.5 Å². The Kier molecular flexibility index (Phi) is 7.67. The van der Waals surface area contributed by atoms with Crippen LogP contribution in [0, 0.1) is 0 Å². The van der Waals surface area contributed by atoms with Crippen molar-refractivity contribution in [2.45, 2.75) is 18.6 Å². The van der Waals surface area contributed by atoms with Gasteiger partial charge in [-0.25, -0.2) is 0 Å². The number of nitrogens with one attached hydrogen (secondary N) is 1. The Labute approximate surface area is 222 Å². The van der Waals surface area contributed by atoms with E-state index in [0.717, 1.165) is 49.0 Å². The van der Waals surface area contributed by atoms with Crippen molar-refractivity contribution in [3.63, 3.8) is 0 Å². The van der Waals surface area contributed by atoms with E-state index in [1.165, 1.54) is 0 Å². The zero-order valence-electron chi connectivity index (χ0n) is 20.0. The van der Waals surface area contributed by atoms with Crippen molar-refractivity contribution in [1.82, 2.24) is 9.80 Å². The van der Waals surface area contributed by atoms with E-state index in [9.17, 15) is 9.90 Å². The number of β-amino-alcohol motifs (C(OH)–C–C–N with tert-alkyl or cyclic N) is 1. The number of carbonyl (C=O) groups is 1. The standard InChI is InChI=1S/C28H30Cl2N4O2/c29-20-7-10-23(11-8-20)32-13-4-14-33(16-15-32)26-18-34(19-27(26)35)28(36)24-12-9-21(30)17-25(24)31-22-5-2-1-3-6-22/h1-3,5-12,17,26-27,31,35H,4,13-16,18-19H2. The zero-order chi connectivity index (χ0) is 25.1. The average Bonchev–Trinajstić information content (AvgIpc) is 3.10. The molecule has 0 spiro atoms. The summed E-state index contributed by atoms with van der Waals surface area (Å²) in [6.07, 6.45) is 0.399. The molecule has 0 bridgehead atoms. The minimum absolute atomic E-state index is 0.0862. The molecule has 8 heteroatoms. The highest BCUT2D eigenvalue weighted by Crippen LogP contribution is 2.28. The Morgan fingerprint density at radius 1 is 0.861 bits per heavy atom. The number of rotatable bonds is 5. The first-order valence-electron chi connectivity index (χ1n) is 12.3. The van der Waals surface area contributed by atoms with Crippen LogP contribution in [-0.4, -0.2) is 72.2 Å². The van der Waals surface area contributed by atoms with E-state index in [4.69, 9.17) is 23.2 Å². The Morgan fingerprint density at radius 3 is 2.39 bits per heavy atom. The molecule has 2 N–H and O–H groups in total. The monoisotopic (exact) mass is 524 g/mol. The summed E-state index contributed by atoms with van der Waals surface area (Å²) in [5, 5.41) is 15.6. The van der Waals surface area contributed by atoms with Crippen LogP contribution in [0.3, 0.4) is 0 Å². The molecule has 2 heterocycles. The number of benzene rings is 3. The third-order valence-electron chi connectivity index (χ3n) is 7.00. The maximum Gasteiger partial charge on any atom is 0.256 e. The first-order valence-corrected chi connectivity index (χ1v) is 13.1. The molecule has 2 saturated heterocycles. The number of likely N-dealkylation sites (tertiary alicyclic amines) is 1. The smallest absolute Gasteiger partial charge is 0.256 e.